The minimum atomic E-state index is -0.471. The van der Waals surface area contributed by atoms with Crippen LogP contribution in [0.5, 0.6) is 0 Å². The second-order valence-corrected chi connectivity index (χ2v) is 5.70. The lowest BCUT2D eigenvalue weighted by Crippen LogP contribution is -2.19. The minimum Gasteiger partial charge on any atom is -0.267 e. The Hall–Kier alpha value is -2.29. The molecule has 6 nitrogen and oxygen atoms in total. The molecule has 0 aliphatic heterocycles. The molecule has 22 heavy (non-hydrogen) atoms. The van der Waals surface area contributed by atoms with E-state index in [9.17, 15) is 14.9 Å². The van der Waals surface area contributed by atoms with Crippen LogP contribution in [0.4, 0.5) is 5.69 Å². The lowest BCUT2D eigenvalue weighted by Gasteiger charge is -2.03. The van der Waals surface area contributed by atoms with Gasteiger partial charge < -0.3 is 0 Å². The number of amides is 1. The molecule has 0 aromatic heterocycles. The normalized spacial score (nSPS) is 11.1. The van der Waals surface area contributed by atoms with E-state index in [0.29, 0.717) is 16.8 Å². The minimum absolute atomic E-state index is 0.0176. The van der Waals surface area contributed by atoms with Crippen molar-refractivity contribution < 1.29 is 9.72 Å². The second-order valence-electron chi connectivity index (χ2n) is 4.46. The van der Waals surface area contributed by atoms with Crippen LogP contribution in [0.3, 0.4) is 0 Å². The number of hydrogen-bond acceptors (Lipinski definition) is 4. The summed E-state index contributed by atoms with van der Waals surface area (Å²) in [5.74, 6) is -0.330. The van der Waals surface area contributed by atoms with Crippen molar-refractivity contribution in [1.29, 1.82) is 0 Å². The summed E-state index contributed by atoms with van der Waals surface area (Å²) in [5.41, 5.74) is 4.00. The summed E-state index contributed by atoms with van der Waals surface area (Å²) in [6.07, 6.45) is 0. The molecule has 0 fully saturated rings. The Morgan fingerprint density at radius 2 is 1.86 bits per heavy atom. The third-order valence-electron chi connectivity index (χ3n) is 2.89. The van der Waals surface area contributed by atoms with E-state index in [0.717, 1.165) is 3.57 Å². The first kappa shape index (κ1) is 16.1. The van der Waals surface area contributed by atoms with Crippen molar-refractivity contribution in [3.05, 3.63) is 73.3 Å². The molecular formula is C15H12IN3O3. The average molecular weight is 409 g/mol. The number of halogens is 1. The predicted molar refractivity (Wildman–Crippen MR) is 91.9 cm³/mol. The number of rotatable bonds is 4. The summed E-state index contributed by atoms with van der Waals surface area (Å²) in [4.78, 5) is 22.3. The highest BCUT2D eigenvalue weighted by atomic mass is 127. The first-order valence-electron chi connectivity index (χ1n) is 6.32. The zero-order valence-corrected chi connectivity index (χ0v) is 13.8. The molecule has 0 saturated heterocycles. The Kier molecular flexibility index (Phi) is 5.21. The van der Waals surface area contributed by atoms with Gasteiger partial charge in [-0.2, -0.15) is 5.10 Å². The van der Waals surface area contributed by atoms with Crippen LogP contribution < -0.4 is 5.43 Å². The summed E-state index contributed by atoms with van der Waals surface area (Å²) in [7, 11) is 0. The highest BCUT2D eigenvalue weighted by Gasteiger charge is 2.08. The highest BCUT2D eigenvalue weighted by molar-refractivity contribution is 14.1. The van der Waals surface area contributed by atoms with Crippen LogP contribution in [0.2, 0.25) is 0 Å². The van der Waals surface area contributed by atoms with E-state index in [1.165, 1.54) is 12.1 Å². The van der Waals surface area contributed by atoms with E-state index in [-0.39, 0.29) is 11.6 Å². The molecule has 0 saturated carbocycles. The number of carbonyl (C=O) groups is 1. The van der Waals surface area contributed by atoms with Gasteiger partial charge in [0, 0.05) is 26.8 Å². The van der Waals surface area contributed by atoms with Crippen LogP contribution in [0.1, 0.15) is 22.8 Å². The van der Waals surface area contributed by atoms with Gasteiger partial charge in [0.05, 0.1) is 10.6 Å². The standard InChI is InChI=1S/C15H12IN3O3/c1-10(11-4-3-7-14(9-11)19(21)22)17-18-15(20)12-5-2-6-13(16)8-12/h2-9H,1H3,(H,18,20)/b17-10+. The van der Waals surface area contributed by atoms with Crippen molar-refractivity contribution in [2.24, 2.45) is 5.10 Å². The van der Waals surface area contributed by atoms with Crippen molar-refractivity contribution in [2.45, 2.75) is 6.92 Å². The van der Waals surface area contributed by atoms with Gasteiger partial charge in [-0.25, -0.2) is 5.43 Å². The number of nitro benzene ring substituents is 1. The molecule has 2 aromatic carbocycles. The van der Waals surface area contributed by atoms with Crippen LogP contribution >= 0.6 is 22.6 Å². The van der Waals surface area contributed by atoms with Crippen LogP contribution in [-0.4, -0.2) is 16.5 Å². The first-order valence-corrected chi connectivity index (χ1v) is 7.40. The van der Waals surface area contributed by atoms with Crippen LogP contribution in [0.15, 0.2) is 53.6 Å². The molecule has 0 heterocycles. The molecule has 1 amide bonds. The van der Waals surface area contributed by atoms with Gasteiger partial charge in [-0.1, -0.05) is 18.2 Å². The number of nitrogens with one attached hydrogen (secondary N) is 1. The van der Waals surface area contributed by atoms with Gasteiger partial charge in [0.1, 0.15) is 0 Å². The molecule has 0 atom stereocenters. The third-order valence-corrected chi connectivity index (χ3v) is 3.56. The van der Waals surface area contributed by atoms with E-state index < -0.39 is 4.92 Å². The van der Waals surface area contributed by atoms with Gasteiger partial charge in [0.15, 0.2) is 0 Å². The molecule has 2 aromatic rings. The molecule has 1 N–H and O–H groups in total. The number of non-ortho nitro benzene ring substituents is 1. The Morgan fingerprint density at radius 1 is 1.18 bits per heavy atom. The lowest BCUT2D eigenvalue weighted by atomic mass is 10.1. The largest absolute Gasteiger partial charge is 0.271 e. The van der Waals surface area contributed by atoms with Crippen molar-refractivity contribution >= 4 is 39.9 Å². The molecule has 0 aliphatic rings. The van der Waals surface area contributed by atoms with E-state index in [4.69, 9.17) is 0 Å². The fourth-order valence-electron chi connectivity index (χ4n) is 1.74. The van der Waals surface area contributed by atoms with Crippen molar-refractivity contribution in [1.82, 2.24) is 5.43 Å². The fraction of sp³-hybridized carbons (Fsp3) is 0.0667. The van der Waals surface area contributed by atoms with E-state index in [1.807, 2.05) is 6.07 Å². The number of benzene rings is 2. The number of nitro groups is 1. The highest BCUT2D eigenvalue weighted by Crippen LogP contribution is 2.13. The zero-order valence-electron chi connectivity index (χ0n) is 11.6. The topological polar surface area (TPSA) is 84.6 Å². The molecule has 0 spiro atoms. The quantitative estimate of drug-likeness (QED) is 0.364. The zero-order chi connectivity index (χ0) is 16.1. The molecule has 0 radical (unpaired) electrons. The molecule has 7 heteroatoms. The lowest BCUT2D eigenvalue weighted by molar-refractivity contribution is -0.384. The summed E-state index contributed by atoms with van der Waals surface area (Å²) < 4.78 is 0.949. The maximum Gasteiger partial charge on any atom is 0.271 e. The Bertz CT molecular complexity index is 759. The maximum atomic E-state index is 12.0. The molecule has 112 valence electrons. The summed E-state index contributed by atoms with van der Waals surface area (Å²) in [6, 6.07) is 13.2. The summed E-state index contributed by atoms with van der Waals surface area (Å²) >= 11 is 2.12. The fourth-order valence-corrected chi connectivity index (χ4v) is 2.28. The van der Waals surface area contributed by atoms with Crippen molar-refractivity contribution in [2.75, 3.05) is 0 Å². The van der Waals surface area contributed by atoms with Gasteiger partial charge in [-0.15, -0.1) is 0 Å². The predicted octanol–water partition coefficient (Wildman–Crippen LogP) is 3.35. The van der Waals surface area contributed by atoms with Gasteiger partial charge >= 0.3 is 0 Å². The van der Waals surface area contributed by atoms with Gasteiger partial charge in [0.2, 0.25) is 0 Å². The Morgan fingerprint density at radius 3 is 2.55 bits per heavy atom. The summed E-state index contributed by atoms with van der Waals surface area (Å²) in [6.45, 7) is 1.67. The molecular weight excluding hydrogens is 397 g/mol. The third kappa shape index (κ3) is 4.10. The van der Waals surface area contributed by atoms with E-state index in [1.54, 1.807) is 37.3 Å². The van der Waals surface area contributed by atoms with Crippen LogP contribution in [0, 0.1) is 13.7 Å². The van der Waals surface area contributed by atoms with E-state index in [2.05, 4.69) is 33.1 Å². The van der Waals surface area contributed by atoms with Gasteiger partial charge in [-0.3, -0.25) is 14.9 Å². The van der Waals surface area contributed by atoms with E-state index >= 15 is 0 Å². The average Bonchev–Trinajstić information content (AvgIpc) is 2.52. The van der Waals surface area contributed by atoms with Crippen LogP contribution in [0.25, 0.3) is 0 Å². The smallest absolute Gasteiger partial charge is 0.267 e. The SMILES string of the molecule is C/C(=N\NC(=O)c1cccc(I)c1)c1cccc([N+](=O)[O-])c1. The summed E-state index contributed by atoms with van der Waals surface area (Å²) in [5, 5.41) is 14.7. The Labute approximate surface area is 140 Å². The first-order chi connectivity index (χ1) is 10.5. The van der Waals surface area contributed by atoms with Crippen LogP contribution in [-0.2, 0) is 0 Å². The molecule has 0 bridgehead atoms. The van der Waals surface area contributed by atoms with Gasteiger partial charge in [0.25, 0.3) is 11.6 Å². The molecule has 2 rings (SSSR count). The second kappa shape index (κ2) is 7.12. The molecule has 0 aliphatic carbocycles. The van der Waals surface area contributed by atoms with Crippen molar-refractivity contribution in [3.63, 3.8) is 0 Å². The number of carbonyl (C=O) groups excluding carboxylic acids is 1. The number of hydrogen-bond donors (Lipinski definition) is 1. The maximum absolute atomic E-state index is 12.0. The van der Waals surface area contributed by atoms with Crippen molar-refractivity contribution in [3.8, 4) is 0 Å². The van der Waals surface area contributed by atoms with Gasteiger partial charge in [-0.05, 0) is 47.7 Å². The monoisotopic (exact) mass is 409 g/mol. The Balaban J connectivity index is 2.14. The molecule has 0 unspecified atom stereocenters. The number of nitrogens with zero attached hydrogens (tertiary/aromatic N) is 2. The number of hydrazone groups is 1.